The number of hydrogen-bond acceptors (Lipinski definition) is 4. The van der Waals surface area contributed by atoms with Crippen LogP contribution in [0.2, 0.25) is 0 Å². The highest BCUT2D eigenvalue weighted by Gasteiger charge is 2.14. The van der Waals surface area contributed by atoms with Crippen LogP contribution in [-0.2, 0) is 0 Å². The van der Waals surface area contributed by atoms with E-state index in [1.165, 1.54) is 0 Å². The number of rotatable bonds is 8. The predicted molar refractivity (Wildman–Crippen MR) is 151 cm³/mol. The Balaban J connectivity index is 0.00000342. The molecule has 1 amide bonds. The Labute approximate surface area is 211 Å². The van der Waals surface area contributed by atoms with Gasteiger partial charge in [-0.05, 0) is 67.4 Å². The Morgan fingerprint density at radius 3 is 2.71 bits per heavy atom. The first-order valence-corrected chi connectivity index (χ1v) is 11.7. The molecule has 35 heavy (non-hydrogen) atoms. The molecule has 0 aliphatic carbocycles. The van der Waals surface area contributed by atoms with Crippen LogP contribution in [0.15, 0.2) is 89.9 Å². The number of aliphatic imine (C=N–C) groups is 1. The lowest BCUT2D eigenvalue weighted by molar-refractivity contribution is 0.0956. The molecule has 3 rings (SSSR count). The standard InChI is InChI=1S/C30H34N4O.2H2/c1-7-23(17-18-34(5)6)24-12-10-13-25(19-24)28-15-16-29(33-28)32-26(8-2)20-31-30(35)27-14-9-11-21(3)22(27)4;;/h7,9-15,17-19H,2,16,20H2,1,3-6H3,(H,31,35)(H,32,33);2*1H/b18-17-,23-7+;;. The van der Waals surface area contributed by atoms with Crippen LogP contribution in [0.4, 0.5) is 0 Å². The zero-order valence-corrected chi connectivity index (χ0v) is 21.3. The van der Waals surface area contributed by atoms with E-state index >= 15 is 0 Å². The second kappa shape index (κ2) is 11.9. The average Bonchev–Trinajstić information content (AvgIpc) is 3.32. The van der Waals surface area contributed by atoms with Gasteiger partial charge in [-0.3, -0.25) is 4.79 Å². The van der Waals surface area contributed by atoms with Gasteiger partial charge in [-0.2, -0.15) is 0 Å². The van der Waals surface area contributed by atoms with Gasteiger partial charge in [0, 0.05) is 34.5 Å². The fraction of sp³-hybridized carbons (Fsp3) is 0.233. The van der Waals surface area contributed by atoms with E-state index in [2.05, 4.69) is 65.4 Å². The van der Waals surface area contributed by atoms with Gasteiger partial charge in [0.25, 0.3) is 5.91 Å². The molecule has 0 aromatic heterocycles. The number of carbonyl (C=O) groups is 1. The lowest BCUT2D eigenvalue weighted by Gasteiger charge is -2.12. The molecule has 2 aromatic carbocycles. The topological polar surface area (TPSA) is 56.7 Å². The van der Waals surface area contributed by atoms with Gasteiger partial charge in [0.1, 0.15) is 5.84 Å². The number of amidine groups is 1. The Morgan fingerprint density at radius 2 is 2.00 bits per heavy atom. The fourth-order valence-electron chi connectivity index (χ4n) is 3.72. The van der Waals surface area contributed by atoms with Crippen LogP contribution in [0.3, 0.4) is 0 Å². The van der Waals surface area contributed by atoms with Gasteiger partial charge in [-0.1, -0.05) is 49.1 Å². The number of benzene rings is 2. The van der Waals surface area contributed by atoms with E-state index in [-0.39, 0.29) is 8.76 Å². The average molecular weight is 471 g/mol. The van der Waals surface area contributed by atoms with E-state index in [4.69, 9.17) is 4.99 Å². The molecule has 0 atom stereocenters. The van der Waals surface area contributed by atoms with Crippen molar-refractivity contribution in [3.05, 3.63) is 113 Å². The SMILES string of the molecule is C=C=C(CNC(=O)c1cccc(C)c1C)NC1=NC(c2cccc(C(/C=C\N(C)C)=C/C)c2)=CC1.[HH].[HH]. The molecule has 0 spiro atoms. The first-order chi connectivity index (χ1) is 16.8. The number of allylic oxidation sites excluding steroid dienone is 3. The van der Waals surface area contributed by atoms with Crippen molar-refractivity contribution in [2.45, 2.75) is 27.2 Å². The van der Waals surface area contributed by atoms with E-state index < -0.39 is 0 Å². The molecule has 184 valence electrons. The molecule has 0 saturated carbocycles. The third-order valence-electron chi connectivity index (χ3n) is 5.88. The Morgan fingerprint density at radius 1 is 1.23 bits per heavy atom. The van der Waals surface area contributed by atoms with Gasteiger partial charge in [0.15, 0.2) is 0 Å². The van der Waals surface area contributed by atoms with Gasteiger partial charge in [0.05, 0.1) is 17.9 Å². The number of nitrogens with one attached hydrogen (secondary N) is 2. The monoisotopic (exact) mass is 470 g/mol. The highest BCUT2D eigenvalue weighted by molar-refractivity contribution is 5.97. The summed E-state index contributed by atoms with van der Waals surface area (Å²) in [4.78, 5) is 19.5. The van der Waals surface area contributed by atoms with E-state index in [1.54, 1.807) is 0 Å². The largest absolute Gasteiger partial charge is 0.383 e. The number of carbonyl (C=O) groups excluding carboxylic acids is 1. The molecular weight excluding hydrogens is 432 g/mol. The minimum absolute atomic E-state index is 0. The molecule has 0 unspecified atom stereocenters. The molecule has 1 aliphatic heterocycles. The molecule has 2 N–H and O–H groups in total. The van der Waals surface area contributed by atoms with Gasteiger partial charge in [-0.25, -0.2) is 4.99 Å². The predicted octanol–water partition coefficient (Wildman–Crippen LogP) is 6.11. The van der Waals surface area contributed by atoms with Crippen LogP contribution in [-0.4, -0.2) is 37.3 Å². The number of nitrogens with zero attached hydrogens (tertiary/aromatic N) is 2. The highest BCUT2D eigenvalue weighted by Crippen LogP contribution is 2.26. The zero-order chi connectivity index (χ0) is 25.4. The molecule has 5 nitrogen and oxygen atoms in total. The van der Waals surface area contributed by atoms with Crippen molar-refractivity contribution in [2.24, 2.45) is 4.99 Å². The van der Waals surface area contributed by atoms with Crippen molar-refractivity contribution in [3.8, 4) is 0 Å². The molecular formula is C30H38N4O. The summed E-state index contributed by atoms with van der Waals surface area (Å²) in [6.45, 7) is 10.1. The number of hydrogen-bond donors (Lipinski definition) is 2. The molecule has 5 heteroatoms. The first kappa shape index (κ1) is 25.5. The van der Waals surface area contributed by atoms with Crippen molar-refractivity contribution in [1.29, 1.82) is 0 Å². The molecule has 2 aromatic rings. The summed E-state index contributed by atoms with van der Waals surface area (Å²) >= 11 is 0. The highest BCUT2D eigenvalue weighted by atomic mass is 16.1. The molecule has 1 aliphatic rings. The summed E-state index contributed by atoms with van der Waals surface area (Å²) in [5.41, 5.74) is 10.6. The second-order valence-electron chi connectivity index (χ2n) is 8.67. The quantitative estimate of drug-likeness (QED) is 0.362. The fourth-order valence-corrected chi connectivity index (χ4v) is 3.72. The van der Waals surface area contributed by atoms with Crippen molar-refractivity contribution < 1.29 is 7.65 Å². The van der Waals surface area contributed by atoms with Crippen molar-refractivity contribution in [2.75, 3.05) is 20.6 Å². The van der Waals surface area contributed by atoms with Gasteiger partial charge in [0.2, 0.25) is 0 Å². The summed E-state index contributed by atoms with van der Waals surface area (Å²) in [6, 6.07) is 14.1. The third kappa shape index (κ3) is 6.72. The third-order valence-corrected chi connectivity index (χ3v) is 5.88. The lowest BCUT2D eigenvalue weighted by atomic mass is 10.0. The maximum atomic E-state index is 12.7. The van der Waals surface area contributed by atoms with Crippen LogP contribution in [0.5, 0.6) is 0 Å². The normalized spacial score (nSPS) is 13.2. The minimum atomic E-state index is -0.118. The molecule has 0 bridgehead atoms. The van der Waals surface area contributed by atoms with Crippen LogP contribution >= 0.6 is 0 Å². The van der Waals surface area contributed by atoms with Crippen molar-refractivity contribution in [1.82, 2.24) is 15.5 Å². The van der Waals surface area contributed by atoms with Gasteiger partial charge in [-0.15, -0.1) is 5.73 Å². The van der Waals surface area contributed by atoms with Crippen molar-refractivity contribution in [3.63, 3.8) is 0 Å². The minimum Gasteiger partial charge on any atom is -0.383 e. The first-order valence-electron chi connectivity index (χ1n) is 11.7. The maximum Gasteiger partial charge on any atom is 0.251 e. The summed E-state index contributed by atoms with van der Waals surface area (Å²) in [7, 11) is 4.02. The van der Waals surface area contributed by atoms with Crippen LogP contribution in [0, 0.1) is 13.8 Å². The maximum absolute atomic E-state index is 12.7. The van der Waals surface area contributed by atoms with Crippen LogP contribution < -0.4 is 10.6 Å². The summed E-state index contributed by atoms with van der Waals surface area (Å²) in [5.74, 6) is 0.684. The molecule has 1 heterocycles. The van der Waals surface area contributed by atoms with Crippen LogP contribution in [0.25, 0.3) is 11.3 Å². The molecule has 0 fully saturated rings. The van der Waals surface area contributed by atoms with E-state index in [1.807, 2.05) is 64.2 Å². The lowest BCUT2D eigenvalue weighted by Crippen LogP contribution is -2.32. The van der Waals surface area contributed by atoms with E-state index in [9.17, 15) is 4.79 Å². The van der Waals surface area contributed by atoms with E-state index in [0.717, 1.165) is 39.4 Å². The Hall–Kier alpha value is -4.08. The number of aryl methyl sites for hydroxylation is 1. The summed E-state index contributed by atoms with van der Waals surface area (Å²) < 4.78 is 0. The second-order valence-corrected chi connectivity index (χ2v) is 8.67. The van der Waals surface area contributed by atoms with E-state index in [0.29, 0.717) is 24.2 Å². The van der Waals surface area contributed by atoms with Crippen molar-refractivity contribution >= 4 is 23.0 Å². The Kier molecular flexibility index (Phi) is 8.66. The smallest absolute Gasteiger partial charge is 0.251 e. The number of amides is 1. The van der Waals surface area contributed by atoms with Gasteiger partial charge >= 0.3 is 0 Å². The Bertz CT molecular complexity index is 1280. The molecule has 0 radical (unpaired) electrons. The van der Waals surface area contributed by atoms with Crippen LogP contribution in [0.1, 0.15) is 48.8 Å². The van der Waals surface area contributed by atoms with Gasteiger partial charge < -0.3 is 15.5 Å². The summed E-state index contributed by atoms with van der Waals surface area (Å²) in [5, 5.41) is 6.23. The summed E-state index contributed by atoms with van der Waals surface area (Å²) in [6.07, 6.45) is 9.02. The zero-order valence-electron chi connectivity index (χ0n) is 21.3. The molecule has 0 saturated heterocycles.